The summed E-state index contributed by atoms with van der Waals surface area (Å²) in [6.45, 7) is 2.77. The highest BCUT2D eigenvalue weighted by Gasteiger charge is 2.16. The number of thiophene rings is 1. The molecule has 116 valence electrons. The van der Waals surface area contributed by atoms with E-state index in [0.29, 0.717) is 22.3 Å². The van der Waals surface area contributed by atoms with Gasteiger partial charge in [0.05, 0.1) is 0 Å². The van der Waals surface area contributed by atoms with E-state index in [1.54, 1.807) is 13.0 Å². The molecule has 0 bridgehead atoms. The number of aromatic nitrogens is 2. The third-order valence-corrected chi connectivity index (χ3v) is 5.82. The Morgan fingerprint density at radius 3 is 2.76 bits per heavy atom. The molecule has 2 rings (SSSR count). The topological polar surface area (TPSA) is 97.1 Å². The van der Waals surface area contributed by atoms with Gasteiger partial charge >= 0.3 is 0 Å². The summed E-state index contributed by atoms with van der Waals surface area (Å²) in [7, 11) is -1.60. The van der Waals surface area contributed by atoms with Crippen LogP contribution in [0.3, 0.4) is 0 Å². The zero-order valence-electron chi connectivity index (χ0n) is 11.9. The maximum atomic E-state index is 12.1. The fourth-order valence-electron chi connectivity index (χ4n) is 1.69. The van der Waals surface area contributed by atoms with E-state index in [1.807, 2.05) is 13.1 Å². The number of hydrogen-bond donors (Lipinski definition) is 2. The second-order valence-corrected chi connectivity index (χ2v) is 7.62. The summed E-state index contributed by atoms with van der Waals surface area (Å²) in [5.41, 5.74) is 0. The normalized spacial score (nSPS) is 11.9. The van der Waals surface area contributed by atoms with Crippen molar-refractivity contribution in [3.63, 3.8) is 0 Å². The lowest BCUT2D eigenvalue weighted by Crippen LogP contribution is -2.25. The third kappa shape index (κ3) is 4.60. The van der Waals surface area contributed by atoms with Gasteiger partial charge in [0.25, 0.3) is 0 Å². The quantitative estimate of drug-likeness (QED) is 0.740. The molecule has 0 aliphatic heterocycles. The van der Waals surface area contributed by atoms with Gasteiger partial charge in [-0.25, -0.2) is 13.1 Å². The number of aryl methyl sites for hydroxylation is 1. The molecule has 2 N–H and O–H groups in total. The second kappa shape index (κ2) is 7.12. The molecule has 0 aromatic carbocycles. The molecule has 21 heavy (non-hydrogen) atoms. The number of hydrogen-bond acceptors (Lipinski definition) is 7. The van der Waals surface area contributed by atoms with Gasteiger partial charge in [-0.3, -0.25) is 0 Å². The fraction of sp³-hybridized carbons (Fsp3) is 0.500. The van der Waals surface area contributed by atoms with Crippen molar-refractivity contribution >= 4 is 21.4 Å². The molecular formula is C12H18N4O3S2. The van der Waals surface area contributed by atoms with Crippen molar-refractivity contribution in [2.45, 2.75) is 24.0 Å². The summed E-state index contributed by atoms with van der Waals surface area (Å²) in [6, 6.07) is 3.48. The molecule has 0 unspecified atom stereocenters. The molecule has 9 heteroatoms. The van der Waals surface area contributed by atoms with Crippen LogP contribution in [0.4, 0.5) is 0 Å². The largest absolute Gasteiger partial charge is 0.339 e. The lowest BCUT2D eigenvalue weighted by molar-refractivity contribution is 0.375. The van der Waals surface area contributed by atoms with Crippen molar-refractivity contribution in [3.05, 3.63) is 28.7 Å². The molecule has 2 heterocycles. The van der Waals surface area contributed by atoms with Crippen LogP contribution in [-0.4, -0.2) is 38.7 Å². The van der Waals surface area contributed by atoms with E-state index < -0.39 is 10.0 Å². The van der Waals surface area contributed by atoms with Crippen LogP contribution >= 0.6 is 11.3 Å². The van der Waals surface area contributed by atoms with Crippen LogP contribution in [0.1, 0.15) is 16.6 Å². The number of nitrogens with one attached hydrogen (secondary N) is 2. The van der Waals surface area contributed by atoms with Gasteiger partial charge in [0.15, 0.2) is 5.82 Å². The van der Waals surface area contributed by atoms with Crippen molar-refractivity contribution in [3.8, 4) is 0 Å². The smallest absolute Gasteiger partial charge is 0.250 e. The number of sulfonamides is 1. The van der Waals surface area contributed by atoms with Crippen molar-refractivity contribution in [2.75, 3.05) is 20.1 Å². The van der Waals surface area contributed by atoms with Crippen LogP contribution in [0, 0.1) is 6.92 Å². The molecule has 2 aromatic rings. The fourth-order valence-corrected chi connectivity index (χ4v) is 4.12. The zero-order valence-corrected chi connectivity index (χ0v) is 13.6. The Bertz CT molecular complexity index is 678. The molecule has 0 amide bonds. The minimum atomic E-state index is -3.47. The van der Waals surface area contributed by atoms with Crippen LogP contribution in [0.5, 0.6) is 0 Å². The minimum Gasteiger partial charge on any atom is -0.339 e. The van der Waals surface area contributed by atoms with Crippen LogP contribution in [0.25, 0.3) is 0 Å². The van der Waals surface area contributed by atoms with E-state index in [4.69, 9.17) is 4.52 Å². The average Bonchev–Trinajstić information content (AvgIpc) is 3.06. The lowest BCUT2D eigenvalue weighted by Gasteiger charge is -2.02. The molecule has 0 atom stereocenters. The van der Waals surface area contributed by atoms with Gasteiger partial charge in [-0.05, 0) is 39.1 Å². The average molecular weight is 330 g/mol. The van der Waals surface area contributed by atoms with Crippen molar-refractivity contribution in [1.29, 1.82) is 0 Å². The number of nitrogens with zero attached hydrogens (tertiary/aromatic N) is 2. The SMILES string of the molecule is CNCCc1ccc(S(=O)(=O)NCCc2nc(C)no2)s1. The van der Waals surface area contributed by atoms with Gasteiger partial charge in [-0.15, -0.1) is 11.3 Å². The summed E-state index contributed by atoms with van der Waals surface area (Å²) in [6.07, 6.45) is 1.19. The van der Waals surface area contributed by atoms with Gasteiger partial charge in [0, 0.05) is 17.8 Å². The maximum Gasteiger partial charge on any atom is 0.250 e. The summed E-state index contributed by atoms with van der Waals surface area (Å²) in [5.74, 6) is 0.969. The second-order valence-electron chi connectivity index (χ2n) is 4.46. The van der Waals surface area contributed by atoms with E-state index in [9.17, 15) is 8.42 Å². The lowest BCUT2D eigenvalue weighted by atomic mass is 10.3. The molecular weight excluding hydrogens is 312 g/mol. The predicted octanol–water partition coefficient (Wildman–Crippen LogP) is 0.722. The first kappa shape index (κ1) is 16.1. The first-order valence-electron chi connectivity index (χ1n) is 6.53. The Morgan fingerprint density at radius 1 is 1.29 bits per heavy atom. The highest BCUT2D eigenvalue weighted by molar-refractivity contribution is 7.91. The summed E-state index contributed by atoms with van der Waals surface area (Å²) in [5, 5.41) is 6.69. The predicted molar refractivity (Wildman–Crippen MR) is 79.9 cm³/mol. The Kier molecular flexibility index (Phi) is 5.45. The highest BCUT2D eigenvalue weighted by atomic mass is 32.2. The standard InChI is InChI=1S/C12H18N4O3S2/c1-9-15-11(19-16-9)6-8-14-21(17,18)12-4-3-10(20-12)5-7-13-2/h3-4,13-14H,5-8H2,1-2H3. The van der Waals surface area contributed by atoms with Crippen molar-refractivity contribution < 1.29 is 12.9 Å². The van der Waals surface area contributed by atoms with E-state index in [2.05, 4.69) is 20.2 Å². The summed E-state index contributed by atoms with van der Waals surface area (Å²) < 4.78 is 32.1. The van der Waals surface area contributed by atoms with Gasteiger partial charge in [-0.2, -0.15) is 4.98 Å². The highest BCUT2D eigenvalue weighted by Crippen LogP contribution is 2.21. The van der Waals surface area contributed by atoms with E-state index in [1.165, 1.54) is 11.3 Å². The summed E-state index contributed by atoms with van der Waals surface area (Å²) >= 11 is 1.29. The zero-order chi connectivity index (χ0) is 15.3. The van der Waals surface area contributed by atoms with Crippen LogP contribution in [-0.2, 0) is 22.9 Å². The number of rotatable bonds is 8. The molecule has 0 saturated carbocycles. The Labute approximate surface area is 127 Å². The van der Waals surface area contributed by atoms with Crippen LogP contribution in [0.2, 0.25) is 0 Å². The monoisotopic (exact) mass is 330 g/mol. The van der Waals surface area contributed by atoms with Crippen LogP contribution in [0.15, 0.2) is 20.9 Å². The Hall–Kier alpha value is -1.29. The molecule has 0 radical (unpaired) electrons. The van der Waals surface area contributed by atoms with E-state index in [0.717, 1.165) is 17.8 Å². The molecule has 0 fully saturated rings. The van der Waals surface area contributed by atoms with Crippen molar-refractivity contribution in [1.82, 2.24) is 20.2 Å². The first-order chi connectivity index (χ1) is 10.0. The molecule has 0 saturated heterocycles. The van der Waals surface area contributed by atoms with Crippen LogP contribution < -0.4 is 10.0 Å². The van der Waals surface area contributed by atoms with Gasteiger partial charge < -0.3 is 9.84 Å². The van der Waals surface area contributed by atoms with E-state index in [-0.39, 0.29) is 6.54 Å². The third-order valence-electron chi connectivity index (χ3n) is 2.72. The minimum absolute atomic E-state index is 0.230. The van der Waals surface area contributed by atoms with Gasteiger partial charge in [0.2, 0.25) is 15.9 Å². The Morgan fingerprint density at radius 2 is 2.10 bits per heavy atom. The van der Waals surface area contributed by atoms with Gasteiger partial charge in [-0.1, -0.05) is 5.16 Å². The molecule has 0 aliphatic rings. The van der Waals surface area contributed by atoms with Crippen molar-refractivity contribution in [2.24, 2.45) is 0 Å². The summed E-state index contributed by atoms with van der Waals surface area (Å²) in [4.78, 5) is 5.06. The molecule has 2 aromatic heterocycles. The molecule has 0 aliphatic carbocycles. The molecule has 7 nitrogen and oxygen atoms in total. The molecule has 0 spiro atoms. The number of likely N-dealkylation sites (N-methyl/N-ethyl adjacent to an activating group) is 1. The first-order valence-corrected chi connectivity index (χ1v) is 8.83. The van der Waals surface area contributed by atoms with E-state index >= 15 is 0 Å². The Balaban J connectivity index is 1.90. The maximum absolute atomic E-state index is 12.1. The van der Waals surface area contributed by atoms with Gasteiger partial charge in [0.1, 0.15) is 4.21 Å².